The minimum absolute atomic E-state index is 0.102. The lowest BCUT2D eigenvalue weighted by Gasteiger charge is -2.26. The molecule has 0 bridgehead atoms. The lowest BCUT2D eigenvalue weighted by molar-refractivity contribution is 0.0724. The molecular weight excluding hydrogens is 498 g/mol. The van der Waals surface area contributed by atoms with Crippen LogP contribution in [-0.4, -0.2) is 51.9 Å². The summed E-state index contributed by atoms with van der Waals surface area (Å²) in [4.78, 5) is 28.2. The Morgan fingerprint density at radius 2 is 1.74 bits per heavy atom. The van der Waals surface area contributed by atoms with Crippen molar-refractivity contribution in [1.82, 2.24) is 19.9 Å². The largest absolute Gasteiger partial charge is 0.384 e. The van der Waals surface area contributed by atoms with Gasteiger partial charge in [-0.05, 0) is 81.1 Å². The van der Waals surface area contributed by atoms with Gasteiger partial charge in [-0.2, -0.15) is 4.98 Å². The van der Waals surface area contributed by atoms with Crippen molar-refractivity contribution in [3.63, 3.8) is 0 Å². The van der Waals surface area contributed by atoms with Gasteiger partial charge in [-0.3, -0.25) is 9.78 Å². The van der Waals surface area contributed by atoms with E-state index in [1.807, 2.05) is 66.4 Å². The number of nitrogens with one attached hydrogen (secondary N) is 3. The Hall–Kier alpha value is -3.91. The van der Waals surface area contributed by atoms with E-state index < -0.39 is 0 Å². The molecule has 0 spiro atoms. The molecule has 3 N–H and O–H groups in total. The average molecular weight is 530 g/mol. The van der Waals surface area contributed by atoms with E-state index in [0.717, 1.165) is 79.2 Å². The Kier molecular flexibility index (Phi) is 8.19. The summed E-state index contributed by atoms with van der Waals surface area (Å²) in [6.45, 7) is 5.19. The number of piperidine rings is 1. The molecule has 9 heteroatoms. The summed E-state index contributed by atoms with van der Waals surface area (Å²) in [5.41, 5.74) is 4.33. The van der Waals surface area contributed by atoms with Crippen molar-refractivity contribution in [3.05, 3.63) is 77.1 Å². The summed E-state index contributed by atoms with van der Waals surface area (Å²) in [5.74, 6) is 1.38. The summed E-state index contributed by atoms with van der Waals surface area (Å²) in [5, 5.41) is 11.9. The molecule has 0 saturated carbocycles. The van der Waals surface area contributed by atoms with E-state index in [1.54, 1.807) is 6.20 Å². The molecule has 0 radical (unpaired) electrons. The number of anilines is 4. The molecule has 1 saturated heterocycles. The molecule has 1 aliphatic heterocycles. The zero-order valence-electron chi connectivity index (χ0n) is 21.5. The molecule has 8 nitrogen and oxygen atoms in total. The first-order chi connectivity index (χ1) is 18.5. The first-order valence-corrected chi connectivity index (χ1v) is 13.5. The van der Waals surface area contributed by atoms with Gasteiger partial charge in [-0.15, -0.1) is 0 Å². The molecule has 5 rings (SSSR count). The highest BCUT2D eigenvalue weighted by Gasteiger charge is 2.18. The molecule has 0 unspecified atom stereocenters. The van der Waals surface area contributed by atoms with Crippen molar-refractivity contribution < 1.29 is 4.79 Å². The number of pyridine rings is 1. The van der Waals surface area contributed by atoms with Crippen LogP contribution in [0.2, 0.25) is 5.02 Å². The monoisotopic (exact) mass is 529 g/mol. The number of halogens is 1. The summed E-state index contributed by atoms with van der Waals surface area (Å²) >= 11 is 6.09. The van der Waals surface area contributed by atoms with Crippen LogP contribution >= 0.6 is 11.6 Å². The van der Waals surface area contributed by atoms with Gasteiger partial charge in [-0.1, -0.05) is 11.6 Å². The van der Waals surface area contributed by atoms with Crippen molar-refractivity contribution >= 4 is 51.6 Å². The maximum Gasteiger partial charge on any atom is 0.253 e. The fraction of sp³-hybridized carbons (Fsp3) is 0.310. The normalized spacial score (nSPS) is 13.4. The van der Waals surface area contributed by atoms with Crippen LogP contribution in [0.1, 0.15) is 41.7 Å². The standard InChI is InChI=1S/C29H32ClN7O/c1-20-18-27(33-14-5-13-31-25-12-15-32-26-19-22(30)8-11-24(25)26)36-29(34-20)35-23-9-6-21(7-10-23)28(38)37-16-3-2-4-17-37/h6-12,15,18-19H,2-5,13-14,16-17H2,1H3,(H,31,32)(H2,33,34,35,36). The van der Waals surface area contributed by atoms with Crippen LogP contribution in [-0.2, 0) is 0 Å². The average Bonchev–Trinajstić information content (AvgIpc) is 2.93. The van der Waals surface area contributed by atoms with E-state index in [2.05, 4.69) is 30.9 Å². The van der Waals surface area contributed by atoms with Gasteiger partial charge in [0.25, 0.3) is 5.91 Å². The third-order valence-corrected chi connectivity index (χ3v) is 6.80. The molecule has 4 aromatic rings. The van der Waals surface area contributed by atoms with Gasteiger partial charge < -0.3 is 20.9 Å². The maximum absolute atomic E-state index is 12.7. The van der Waals surface area contributed by atoms with Crippen molar-refractivity contribution in [1.29, 1.82) is 0 Å². The number of aromatic nitrogens is 3. The molecule has 2 aromatic carbocycles. The minimum atomic E-state index is 0.102. The van der Waals surface area contributed by atoms with Gasteiger partial charge in [0.05, 0.1) is 5.52 Å². The van der Waals surface area contributed by atoms with Crippen molar-refractivity contribution in [2.24, 2.45) is 0 Å². The van der Waals surface area contributed by atoms with Gasteiger partial charge >= 0.3 is 0 Å². The second kappa shape index (κ2) is 12.1. The Morgan fingerprint density at radius 3 is 2.55 bits per heavy atom. The second-order valence-electron chi connectivity index (χ2n) is 9.50. The SMILES string of the molecule is Cc1cc(NCCCNc2ccnc3cc(Cl)ccc23)nc(Nc2ccc(C(=O)N3CCCCC3)cc2)n1. The minimum Gasteiger partial charge on any atom is -0.384 e. The molecular formula is C29H32ClN7O. The number of nitrogens with zero attached hydrogens (tertiary/aromatic N) is 4. The first-order valence-electron chi connectivity index (χ1n) is 13.1. The molecule has 0 atom stereocenters. The summed E-state index contributed by atoms with van der Waals surface area (Å²) in [6, 6.07) is 17.2. The summed E-state index contributed by atoms with van der Waals surface area (Å²) in [6.07, 6.45) is 6.06. The van der Waals surface area contributed by atoms with Crippen LogP contribution in [0.5, 0.6) is 0 Å². The van der Waals surface area contributed by atoms with Crippen molar-refractivity contribution in [2.45, 2.75) is 32.6 Å². The molecule has 3 heterocycles. The molecule has 0 aliphatic carbocycles. The Balaban J connectivity index is 1.13. The number of carbonyl (C=O) groups excluding carboxylic acids is 1. The quantitative estimate of drug-likeness (QED) is 0.220. The number of hydrogen-bond donors (Lipinski definition) is 3. The molecule has 38 heavy (non-hydrogen) atoms. The van der Waals surface area contributed by atoms with Crippen LogP contribution in [0.15, 0.2) is 60.8 Å². The zero-order chi connectivity index (χ0) is 26.3. The van der Waals surface area contributed by atoms with Gasteiger partial charge in [-0.25, -0.2) is 4.98 Å². The van der Waals surface area contributed by atoms with Gasteiger partial charge in [0.15, 0.2) is 0 Å². The third-order valence-electron chi connectivity index (χ3n) is 6.57. The predicted octanol–water partition coefficient (Wildman–Crippen LogP) is 6.27. The van der Waals surface area contributed by atoms with Crippen LogP contribution in [0.4, 0.5) is 23.1 Å². The van der Waals surface area contributed by atoms with Crippen LogP contribution in [0, 0.1) is 6.92 Å². The number of hydrogen-bond acceptors (Lipinski definition) is 7. The third kappa shape index (κ3) is 6.50. The molecule has 2 aromatic heterocycles. The van der Waals surface area contributed by atoms with E-state index in [4.69, 9.17) is 11.6 Å². The summed E-state index contributed by atoms with van der Waals surface area (Å²) in [7, 11) is 0. The van der Waals surface area contributed by atoms with Crippen molar-refractivity contribution in [2.75, 3.05) is 42.1 Å². The van der Waals surface area contributed by atoms with Crippen LogP contribution < -0.4 is 16.0 Å². The number of likely N-dealkylation sites (tertiary alicyclic amines) is 1. The van der Waals surface area contributed by atoms with Crippen LogP contribution in [0.25, 0.3) is 10.9 Å². The molecule has 196 valence electrons. The Labute approximate surface area is 227 Å². The highest BCUT2D eigenvalue weighted by molar-refractivity contribution is 6.31. The summed E-state index contributed by atoms with van der Waals surface area (Å²) < 4.78 is 0. The van der Waals surface area contributed by atoms with Gasteiger partial charge in [0, 0.05) is 71.5 Å². The maximum atomic E-state index is 12.7. The van der Waals surface area contributed by atoms with E-state index in [0.29, 0.717) is 16.5 Å². The zero-order valence-corrected chi connectivity index (χ0v) is 22.3. The van der Waals surface area contributed by atoms with E-state index in [9.17, 15) is 4.79 Å². The highest BCUT2D eigenvalue weighted by Crippen LogP contribution is 2.24. The van der Waals surface area contributed by atoms with Gasteiger partial charge in [0.1, 0.15) is 5.82 Å². The number of rotatable bonds is 9. The Bertz CT molecular complexity index is 1400. The molecule has 1 fully saturated rings. The highest BCUT2D eigenvalue weighted by atomic mass is 35.5. The number of carbonyl (C=O) groups is 1. The number of aryl methyl sites for hydroxylation is 1. The number of benzene rings is 2. The lowest BCUT2D eigenvalue weighted by atomic mass is 10.1. The van der Waals surface area contributed by atoms with E-state index in [1.165, 1.54) is 6.42 Å². The fourth-order valence-corrected chi connectivity index (χ4v) is 4.79. The second-order valence-corrected chi connectivity index (χ2v) is 9.94. The van der Waals surface area contributed by atoms with E-state index >= 15 is 0 Å². The lowest BCUT2D eigenvalue weighted by Crippen LogP contribution is -2.35. The molecule has 1 aliphatic rings. The van der Waals surface area contributed by atoms with E-state index in [-0.39, 0.29) is 5.91 Å². The predicted molar refractivity (Wildman–Crippen MR) is 155 cm³/mol. The number of fused-ring (bicyclic) bond motifs is 1. The van der Waals surface area contributed by atoms with Gasteiger partial charge in [0.2, 0.25) is 5.95 Å². The Morgan fingerprint density at radius 1 is 0.947 bits per heavy atom. The smallest absolute Gasteiger partial charge is 0.253 e. The van der Waals surface area contributed by atoms with Crippen molar-refractivity contribution in [3.8, 4) is 0 Å². The first kappa shape index (κ1) is 25.7. The molecule has 1 amide bonds. The number of amides is 1. The topological polar surface area (TPSA) is 95.1 Å². The fourth-order valence-electron chi connectivity index (χ4n) is 4.62. The van der Waals surface area contributed by atoms with Crippen LogP contribution in [0.3, 0.4) is 0 Å².